The molecule has 1 aliphatic carbocycles. The lowest BCUT2D eigenvalue weighted by atomic mass is 9.78. The molecule has 0 spiro atoms. The van der Waals surface area contributed by atoms with Gasteiger partial charge in [-0.1, -0.05) is 5.16 Å². The fraction of sp³-hybridized carbons (Fsp3) is 0.667. The molecule has 9 heteroatoms. The SMILES string of the molecule is Cc1nc(CN2CCN(c3cc(C4CC(N)C4)nc(N(C)C)n3)CC2)no1. The summed E-state index contributed by atoms with van der Waals surface area (Å²) in [5, 5.41) is 3.99. The summed E-state index contributed by atoms with van der Waals surface area (Å²) < 4.78 is 5.06. The monoisotopic (exact) mass is 372 g/mol. The van der Waals surface area contributed by atoms with Crippen molar-refractivity contribution in [2.75, 3.05) is 50.1 Å². The molecule has 2 N–H and O–H groups in total. The quantitative estimate of drug-likeness (QED) is 0.815. The van der Waals surface area contributed by atoms with Crippen LogP contribution in [0.2, 0.25) is 0 Å². The van der Waals surface area contributed by atoms with Gasteiger partial charge in [0.2, 0.25) is 11.8 Å². The third-order valence-corrected chi connectivity index (χ3v) is 5.34. The molecule has 0 aromatic carbocycles. The van der Waals surface area contributed by atoms with Crippen molar-refractivity contribution < 1.29 is 4.52 Å². The number of nitrogens with zero attached hydrogens (tertiary/aromatic N) is 7. The Labute approximate surface area is 159 Å². The van der Waals surface area contributed by atoms with E-state index in [0.29, 0.717) is 17.9 Å². The maximum atomic E-state index is 5.98. The van der Waals surface area contributed by atoms with E-state index in [2.05, 4.69) is 26.0 Å². The normalized spacial score (nSPS) is 23.3. The Balaban J connectivity index is 1.44. The third kappa shape index (κ3) is 4.03. The largest absolute Gasteiger partial charge is 0.354 e. The van der Waals surface area contributed by atoms with E-state index < -0.39 is 0 Å². The summed E-state index contributed by atoms with van der Waals surface area (Å²) in [6, 6.07) is 2.47. The van der Waals surface area contributed by atoms with Crippen LogP contribution in [0.25, 0.3) is 0 Å². The molecule has 2 aliphatic rings. The second-order valence-corrected chi connectivity index (χ2v) is 7.77. The Morgan fingerprint density at radius 3 is 2.48 bits per heavy atom. The maximum absolute atomic E-state index is 5.98. The van der Waals surface area contributed by atoms with Crippen LogP contribution < -0.4 is 15.5 Å². The van der Waals surface area contributed by atoms with Crippen molar-refractivity contribution in [1.82, 2.24) is 25.0 Å². The molecular formula is C18H28N8O. The van der Waals surface area contributed by atoms with E-state index in [-0.39, 0.29) is 0 Å². The molecule has 27 heavy (non-hydrogen) atoms. The maximum Gasteiger partial charge on any atom is 0.227 e. The molecule has 2 aromatic rings. The summed E-state index contributed by atoms with van der Waals surface area (Å²) in [7, 11) is 3.97. The number of aromatic nitrogens is 4. The van der Waals surface area contributed by atoms with E-state index in [0.717, 1.165) is 68.8 Å². The first-order valence-electron chi connectivity index (χ1n) is 9.56. The number of hydrogen-bond acceptors (Lipinski definition) is 9. The van der Waals surface area contributed by atoms with Gasteiger partial charge in [-0.25, -0.2) is 4.98 Å². The highest BCUT2D eigenvalue weighted by Crippen LogP contribution is 2.36. The first-order valence-corrected chi connectivity index (χ1v) is 9.56. The van der Waals surface area contributed by atoms with E-state index in [1.165, 1.54) is 0 Å². The molecular weight excluding hydrogens is 344 g/mol. The summed E-state index contributed by atoms with van der Waals surface area (Å²) in [6.45, 7) is 6.27. The van der Waals surface area contributed by atoms with Crippen LogP contribution in [0.15, 0.2) is 10.6 Å². The third-order valence-electron chi connectivity index (χ3n) is 5.34. The average molecular weight is 372 g/mol. The summed E-state index contributed by atoms with van der Waals surface area (Å²) in [4.78, 5) is 20.5. The zero-order valence-corrected chi connectivity index (χ0v) is 16.3. The predicted octanol–water partition coefficient (Wildman–Crippen LogP) is 0.761. The number of nitrogens with two attached hydrogens (primary N) is 1. The average Bonchev–Trinajstić information content (AvgIpc) is 3.04. The molecule has 146 valence electrons. The smallest absolute Gasteiger partial charge is 0.227 e. The fourth-order valence-electron chi connectivity index (χ4n) is 3.65. The topological polar surface area (TPSA) is 100 Å². The van der Waals surface area contributed by atoms with Crippen LogP contribution in [-0.2, 0) is 6.54 Å². The summed E-state index contributed by atoms with van der Waals surface area (Å²) >= 11 is 0. The van der Waals surface area contributed by atoms with E-state index in [1.54, 1.807) is 0 Å². The number of aryl methyl sites for hydroxylation is 1. The van der Waals surface area contributed by atoms with Crippen LogP contribution in [0.4, 0.5) is 11.8 Å². The number of rotatable bonds is 5. The summed E-state index contributed by atoms with van der Waals surface area (Å²) in [5.74, 6) is 3.61. The lowest BCUT2D eigenvalue weighted by molar-refractivity contribution is 0.239. The lowest BCUT2D eigenvalue weighted by Gasteiger charge is -2.36. The molecule has 1 saturated heterocycles. The first kappa shape index (κ1) is 18.1. The highest BCUT2D eigenvalue weighted by Gasteiger charge is 2.30. The van der Waals surface area contributed by atoms with Crippen LogP contribution in [0.1, 0.15) is 36.2 Å². The van der Waals surface area contributed by atoms with Gasteiger partial charge in [0.05, 0.1) is 12.2 Å². The molecule has 4 rings (SSSR count). The van der Waals surface area contributed by atoms with Gasteiger partial charge in [-0.3, -0.25) is 4.90 Å². The fourth-order valence-corrected chi connectivity index (χ4v) is 3.65. The Morgan fingerprint density at radius 2 is 1.89 bits per heavy atom. The van der Waals surface area contributed by atoms with Crippen molar-refractivity contribution in [2.24, 2.45) is 5.73 Å². The molecule has 3 heterocycles. The van der Waals surface area contributed by atoms with Crippen LogP contribution in [-0.4, -0.2) is 71.3 Å². The highest BCUT2D eigenvalue weighted by molar-refractivity contribution is 5.47. The van der Waals surface area contributed by atoms with Gasteiger partial charge in [-0.05, 0) is 12.8 Å². The first-order chi connectivity index (χ1) is 13.0. The van der Waals surface area contributed by atoms with Gasteiger partial charge < -0.3 is 20.1 Å². The highest BCUT2D eigenvalue weighted by atomic mass is 16.5. The number of piperazine rings is 1. The van der Waals surface area contributed by atoms with Crippen molar-refractivity contribution in [3.05, 3.63) is 23.5 Å². The predicted molar refractivity (Wildman–Crippen MR) is 103 cm³/mol. The molecule has 0 atom stereocenters. The van der Waals surface area contributed by atoms with E-state index in [1.807, 2.05) is 25.9 Å². The van der Waals surface area contributed by atoms with Gasteiger partial charge in [-0.2, -0.15) is 9.97 Å². The molecule has 1 saturated carbocycles. The van der Waals surface area contributed by atoms with E-state index in [4.69, 9.17) is 20.2 Å². The van der Waals surface area contributed by atoms with E-state index in [9.17, 15) is 0 Å². The standard InChI is InChI=1S/C18H28N8O/c1-12-20-16(23-27-12)11-25-4-6-26(7-5-25)17-10-15(13-8-14(19)9-13)21-18(22-17)24(2)3/h10,13-14H,4-9,11,19H2,1-3H3. The summed E-state index contributed by atoms with van der Waals surface area (Å²) in [6.07, 6.45) is 2.03. The second-order valence-electron chi connectivity index (χ2n) is 7.77. The van der Waals surface area contributed by atoms with Crippen molar-refractivity contribution in [3.63, 3.8) is 0 Å². The van der Waals surface area contributed by atoms with Gasteiger partial charge in [0.25, 0.3) is 0 Å². The van der Waals surface area contributed by atoms with Crippen molar-refractivity contribution >= 4 is 11.8 Å². The van der Waals surface area contributed by atoms with Crippen molar-refractivity contribution in [1.29, 1.82) is 0 Å². The lowest BCUT2D eigenvalue weighted by Crippen LogP contribution is -2.46. The van der Waals surface area contributed by atoms with Crippen molar-refractivity contribution in [3.8, 4) is 0 Å². The minimum Gasteiger partial charge on any atom is -0.354 e. The van der Waals surface area contributed by atoms with Gasteiger partial charge in [0.15, 0.2) is 5.82 Å². The minimum atomic E-state index is 0.313. The number of anilines is 2. The molecule has 0 amide bonds. The van der Waals surface area contributed by atoms with Crippen LogP contribution in [0, 0.1) is 6.92 Å². The minimum absolute atomic E-state index is 0.313. The Bertz CT molecular complexity index is 777. The van der Waals surface area contributed by atoms with Crippen LogP contribution in [0.5, 0.6) is 0 Å². The van der Waals surface area contributed by atoms with Crippen molar-refractivity contribution in [2.45, 2.75) is 38.3 Å². The van der Waals surface area contributed by atoms with Crippen LogP contribution in [0.3, 0.4) is 0 Å². The molecule has 9 nitrogen and oxygen atoms in total. The van der Waals surface area contributed by atoms with Crippen LogP contribution >= 0.6 is 0 Å². The molecule has 0 unspecified atom stereocenters. The number of hydrogen-bond donors (Lipinski definition) is 1. The zero-order valence-electron chi connectivity index (χ0n) is 16.3. The van der Waals surface area contributed by atoms with E-state index >= 15 is 0 Å². The Kier molecular flexibility index (Phi) is 4.96. The molecule has 1 aliphatic heterocycles. The zero-order chi connectivity index (χ0) is 19.0. The molecule has 0 radical (unpaired) electrons. The Morgan fingerprint density at radius 1 is 1.15 bits per heavy atom. The molecule has 2 aromatic heterocycles. The summed E-state index contributed by atoms with van der Waals surface area (Å²) in [5.41, 5.74) is 7.10. The Hall–Kier alpha value is -2.26. The van der Waals surface area contributed by atoms with Gasteiger partial charge in [-0.15, -0.1) is 0 Å². The van der Waals surface area contributed by atoms with Gasteiger partial charge in [0, 0.05) is 65.2 Å². The molecule has 2 fully saturated rings. The van der Waals surface area contributed by atoms with Gasteiger partial charge in [0.1, 0.15) is 5.82 Å². The molecule has 0 bridgehead atoms. The van der Waals surface area contributed by atoms with Gasteiger partial charge >= 0.3 is 0 Å². The second kappa shape index (κ2) is 7.40.